The summed E-state index contributed by atoms with van der Waals surface area (Å²) in [6, 6.07) is 4.99. The summed E-state index contributed by atoms with van der Waals surface area (Å²) in [4.78, 5) is 12.3. The highest BCUT2D eigenvalue weighted by atomic mass is 35.5. The first-order chi connectivity index (χ1) is 8.36. The number of unbranched alkanes of at least 4 members (excludes halogenated alkanes) is 1. The molecule has 0 aliphatic carbocycles. The monoisotopic (exact) mass is 305 g/mol. The Morgan fingerprint density at radius 3 is 2.67 bits per heavy atom. The Labute approximate surface area is 118 Å². The molecular weight excluding hydrogens is 290 g/mol. The number of hydrogen-bond donors (Lipinski definition) is 1. The number of alkyl halides is 1. The van der Waals surface area contributed by atoms with Crippen molar-refractivity contribution in [2.75, 3.05) is 5.88 Å². The highest BCUT2D eigenvalue weighted by Gasteiger charge is 2.12. The first-order valence-electron chi connectivity index (χ1n) is 5.59. The Kier molecular flexibility index (Phi) is 5.72. The van der Waals surface area contributed by atoms with Crippen LogP contribution in [-0.2, 0) is 19.9 Å². The fourth-order valence-electron chi connectivity index (χ4n) is 1.60. The van der Waals surface area contributed by atoms with Crippen LogP contribution in [-0.4, -0.2) is 15.9 Å². The van der Waals surface area contributed by atoms with Crippen molar-refractivity contribution in [3.8, 4) is 0 Å². The molecule has 0 fully saturated rings. The highest BCUT2D eigenvalue weighted by molar-refractivity contribution is 8.31. The van der Waals surface area contributed by atoms with Crippen LogP contribution in [0.2, 0.25) is 0 Å². The third kappa shape index (κ3) is 4.31. The van der Waals surface area contributed by atoms with E-state index in [4.69, 9.17) is 27.9 Å². The Morgan fingerprint density at radius 2 is 2.11 bits per heavy atom. The van der Waals surface area contributed by atoms with Gasteiger partial charge in [-0.3, -0.25) is 4.79 Å². The van der Waals surface area contributed by atoms with E-state index in [1.54, 1.807) is 25.1 Å². The second kappa shape index (κ2) is 6.61. The van der Waals surface area contributed by atoms with Gasteiger partial charge < -0.3 is 0 Å². The van der Waals surface area contributed by atoms with Crippen LogP contribution in [0, 0.1) is 6.92 Å². The number of carbonyl (C=O) groups excluding carboxylic acids is 1. The Bertz CT molecular complexity index is 541. The molecule has 1 atom stereocenters. The van der Waals surface area contributed by atoms with Crippen LogP contribution < -0.4 is 5.14 Å². The van der Waals surface area contributed by atoms with E-state index in [0.29, 0.717) is 22.8 Å². The molecule has 0 heterocycles. The van der Waals surface area contributed by atoms with Crippen molar-refractivity contribution in [3.63, 3.8) is 0 Å². The molecule has 100 valence electrons. The van der Waals surface area contributed by atoms with Gasteiger partial charge in [0.1, 0.15) is 8.68 Å². The van der Waals surface area contributed by atoms with Crippen LogP contribution in [0.1, 0.15) is 35.2 Å². The zero-order valence-corrected chi connectivity index (χ0v) is 12.5. The predicted molar refractivity (Wildman–Crippen MR) is 78.0 cm³/mol. The second-order valence-corrected chi connectivity index (χ2v) is 7.49. The molecule has 0 radical (unpaired) electrons. The van der Waals surface area contributed by atoms with Crippen molar-refractivity contribution >= 4 is 37.3 Å². The SMILES string of the molecule is Cc1ccc(C(=O)CCCCCl)cc1S(N)(=O)=S. The fourth-order valence-corrected chi connectivity index (χ4v) is 3.14. The second-order valence-electron chi connectivity index (χ2n) is 4.09. The molecule has 0 saturated heterocycles. The quantitative estimate of drug-likeness (QED) is 0.499. The van der Waals surface area contributed by atoms with E-state index in [2.05, 4.69) is 0 Å². The van der Waals surface area contributed by atoms with E-state index in [-0.39, 0.29) is 5.78 Å². The van der Waals surface area contributed by atoms with Crippen molar-refractivity contribution in [3.05, 3.63) is 29.3 Å². The smallest absolute Gasteiger partial charge is 0.162 e. The van der Waals surface area contributed by atoms with Crippen LogP contribution >= 0.6 is 11.6 Å². The summed E-state index contributed by atoms with van der Waals surface area (Å²) in [6.45, 7) is 1.77. The van der Waals surface area contributed by atoms with Crippen LogP contribution in [0.15, 0.2) is 23.1 Å². The van der Waals surface area contributed by atoms with Gasteiger partial charge in [0.05, 0.1) is 4.90 Å². The number of benzene rings is 1. The van der Waals surface area contributed by atoms with E-state index in [1.165, 1.54) is 0 Å². The molecule has 1 aromatic rings. The number of halogens is 1. The molecule has 0 spiro atoms. The minimum atomic E-state index is -2.95. The maximum atomic E-state index is 11.9. The number of nitrogens with two attached hydrogens (primary N) is 1. The highest BCUT2D eigenvalue weighted by Crippen LogP contribution is 2.17. The summed E-state index contributed by atoms with van der Waals surface area (Å²) in [5, 5.41) is 5.46. The summed E-state index contributed by atoms with van der Waals surface area (Å²) in [5.41, 5.74) is 1.25. The van der Waals surface area contributed by atoms with Crippen LogP contribution in [0.4, 0.5) is 0 Å². The molecule has 0 saturated carbocycles. The van der Waals surface area contributed by atoms with Gasteiger partial charge in [-0.2, -0.15) is 0 Å². The lowest BCUT2D eigenvalue weighted by molar-refractivity contribution is 0.0979. The van der Waals surface area contributed by atoms with E-state index < -0.39 is 8.68 Å². The standard InChI is InChI=1S/C12H16ClNO2S2/c1-9-5-6-10(8-12(9)18(14,16)17)11(15)4-2-3-7-13/h5-6,8H,2-4,7H2,1H3,(H2,14,16,17). The van der Waals surface area contributed by atoms with Crippen molar-refractivity contribution in [2.45, 2.75) is 31.1 Å². The molecule has 1 aromatic carbocycles. The van der Waals surface area contributed by atoms with Crippen molar-refractivity contribution in [1.82, 2.24) is 0 Å². The molecule has 2 N–H and O–H groups in total. The molecule has 6 heteroatoms. The Morgan fingerprint density at radius 1 is 1.44 bits per heavy atom. The van der Waals surface area contributed by atoms with E-state index in [0.717, 1.165) is 18.4 Å². The topological polar surface area (TPSA) is 60.2 Å². The van der Waals surface area contributed by atoms with Crippen molar-refractivity contribution < 1.29 is 9.00 Å². The van der Waals surface area contributed by atoms with Crippen LogP contribution in [0.25, 0.3) is 0 Å². The number of Topliss-reactive ketones (excluding diaryl/α,β-unsaturated/α-hetero) is 1. The van der Waals surface area contributed by atoms with E-state index >= 15 is 0 Å². The van der Waals surface area contributed by atoms with E-state index in [1.807, 2.05) is 0 Å². The number of rotatable bonds is 6. The van der Waals surface area contributed by atoms with Gasteiger partial charge in [-0.1, -0.05) is 12.1 Å². The number of hydrogen-bond acceptors (Lipinski definition) is 3. The molecule has 1 rings (SSSR count). The Hall–Kier alpha value is -0.490. The van der Waals surface area contributed by atoms with Gasteiger partial charge >= 0.3 is 0 Å². The number of ketones is 1. The van der Waals surface area contributed by atoms with E-state index in [9.17, 15) is 9.00 Å². The van der Waals surface area contributed by atoms with Gasteiger partial charge in [0.25, 0.3) is 0 Å². The lowest BCUT2D eigenvalue weighted by Gasteiger charge is -2.08. The molecule has 0 aliphatic rings. The van der Waals surface area contributed by atoms with Gasteiger partial charge in [0, 0.05) is 29.1 Å². The zero-order chi connectivity index (χ0) is 13.8. The molecule has 0 bridgehead atoms. The van der Waals surface area contributed by atoms with Crippen LogP contribution in [0.5, 0.6) is 0 Å². The molecule has 3 nitrogen and oxygen atoms in total. The average molecular weight is 306 g/mol. The van der Waals surface area contributed by atoms with Gasteiger partial charge in [-0.15, -0.1) is 11.6 Å². The summed E-state index contributed by atoms with van der Waals surface area (Å²) in [6.07, 6.45) is 1.98. The van der Waals surface area contributed by atoms with Crippen molar-refractivity contribution in [1.29, 1.82) is 0 Å². The normalized spacial score (nSPS) is 14.2. The third-order valence-electron chi connectivity index (χ3n) is 2.60. The first kappa shape index (κ1) is 15.6. The van der Waals surface area contributed by atoms with Gasteiger partial charge in [0.2, 0.25) is 0 Å². The average Bonchev–Trinajstić information content (AvgIpc) is 2.28. The lowest BCUT2D eigenvalue weighted by atomic mass is 10.0. The number of carbonyl (C=O) groups is 1. The van der Waals surface area contributed by atoms with Gasteiger partial charge in [0.15, 0.2) is 5.78 Å². The van der Waals surface area contributed by atoms with Crippen LogP contribution in [0.3, 0.4) is 0 Å². The number of aryl methyl sites for hydroxylation is 1. The molecule has 18 heavy (non-hydrogen) atoms. The predicted octanol–water partition coefficient (Wildman–Crippen LogP) is 2.57. The third-order valence-corrected chi connectivity index (χ3v) is 4.46. The summed E-state index contributed by atoms with van der Waals surface area (Å²) < 4.78 is 11.7. The molecule has 0 aliphatic heterocycles. The molecule has 0 amide bonds. The molecular formula is C12H16ClNO2S2. The molecule has 1 unspecified atom stereocenters. The Balaban J connectivity index is 2.95. The fraction of sp³-hybridized carbons (Fsp3) is 0.417. The first-order valence-corrected chi connectivity index (χ1v) is 8.67. The minimum Gasteiger partial charge on any atom is -0.294 e. The summed E-state index contributed by atoms with van der Waals surface area (Å²) in [5.74, 6) is 0.551. The summed E-state index contributed by atoms with van der Waals surface area (Å²) in [7, 11) is -2.95. The minimum absolute atomic E-state index is 0.0000154. The summed E-state index contributed by atoms with van der Waals surface area (Å²) >= 11 is 10.3. The van der Waals surface area contributed by atoms with Crippen molar-refractivity contribution in [2.24, 2.45) is 5.14 Å². The lowest BCUT2D eigenvalue weighted by Crippen LogP contribution is -2.13. The largest absolute Gasteiger partial charge is 0.294 e. The zero-order valence-electron chi connectivity index (χ0n) is 10.1. The van der Waals surface area contributed by atoms with Gasteiger partial charge in [-0.25, -0.2) is 9.35 Å². The maximum absolute atomic E-state index is 11.9. The molecule has 0 aromatic heterocycles. The maximum Gasteiger partial charge on any atom is 0.162 e. The van der Waals surface area contributed by atoms with Gasteiger partial charge in [-0.05, 0) is 31.4 Å².